The number of aliphatic hydroxyl groups is 7. The molecule has 15 heteroatoms. The van der Waals surface area contributed by atoms with Gasteiger partial charge in [0.15, 0.2) is 12.6 Å². The first-order valence-electron chi connectivity index (χ1n) is 7.78. The van der Waals surface area contributed by atoms with E-state index in [9.17, 15) is 45.0 Å². The van der Waals surface area contributed by atoms with E-state index < -0.39 is 82.4 Å². The predicted octanol–water partition coefficient (Wildman–Crippen LogP) is -6.54. The van der Waals surface area contributed by atoms with Crippen molar-refractivity contribution in [1.82, 2.24) is 0 Å². The Morgan fingerprint density at radius 2 is 1.22 bits per heavy atom. The summed E-state index contributed by atoms with van der Waals surface area (Å²) in [6.07, 6.45) is -17.5. The van der Waals surface area contributed by atoms with Gasteiger partial charge in [0, 0.05) is 0 Å². The van der Waals surface area contributed by atoms with Crippen LogP contribution in [-0.2, 0) is 23.3 Å². The zero-order valence-corrected chi connectivity index (χ0v) is 14.5. The van der Waals surface area contributed by atoms with Crippen LogP contribution >= 0.6 is 7.82 Å². The lowest BCUT2D eigenvalue weighted by Gasteiger charge is -2.45. The first kappa shape index (κ1) is 23.0. The molecule has 160 valence electrons. The van der Waals surface area contributed by atoms with Gasteiger partial charge in [-0.25, -0.2) is 0 Å². The molecule has 10 unspecified atom stereocenters. The van der Waals surface area contributed by atoms with Crippen LogP contribution in [0.3, 0.4) is 0 Å². The van der Waals surface area contributed by atoms with Gasteiger partial charge < -0.3 is 68.8 Å². The van der Waals surface area contributed by atoms with Gasteiger partial charge >= 0.3 is 0 Å². The van der Waals surface area contributed by atoms with E-state index >= 15 is 0 Å². The third kappa shape index (κ3) is 5.41. The van der Waals surface area contributed by atoms with Crippen molar-refractivity contribution in [2.24, 2.45) is 0 Å². The smallest absolute Gasteiger partial charge is 0.189 e. The van der Waals surface area contributed by atoms with Gasteiger partial charge in [0.25, 0.3) is 0 Å². The lowest BCUT2D eigenvalue weighted by atomic mass is 9.98. The zero-order valence-electron chi connectivity index (χ0n) is 13.6. The Morgan fingerprint density at radius 1 is 0.778 bits per heavy atom. The third-order valence-corrected chi connectivity index (χ3v) is 4.65. The fourth-order valence-corrected chi connectivity index (χ4v) is 2.97. The standard InChI is InChI=1S/C12H23O14P/c13-1-3-5(14)7(16)9(18)11(24-3)26-12-10(19)8(17)6(15)4(25-12)2-23-27(20,21)22/h3-19H,1-2H2,(H2,20,21,22)/p-2. The normalized spacial score (nSPS) is 46.4. The van der Waals surface area contributed by atoms with Gasteiger partial charge in [-0.1, -0.05) is 0 Å². The minimum atomic E-state index is -5.42. The largest absolute Gasteiger partial charge is 0.790 e. The molecule has 2 rings (SSSR count). The molecule has 2 fully saturated rings. The van der Waals surface area contributed by atoms with Crippen LogP contribution in [0.5, 0.6) is 0 Å². The maximum Gasteiger partial charge on any atom is 0.189 e. The minimum absolute atomic E-state index is 0.751. The molecule has 0 saturated carbocycles. The molecule has 0 aromatic rings. The average Bonchev–Trinajstić information content (AvgIpc) is 2.60. The average molecular weight is 420 g/mol. The Hall–Kier alpha value is -0.290. The summed E-state index contributed by atoms with van der Waals surface area (Å²) >= 11 is 0. The van der Waals surface area contributed by atoms with E-state index in [2.05, 4.69) is 4.52 Å². The maximum absolute atomic E-state index is 10.5. The Morgan fingerprint density at radius 3 is 1.67 bits per heavy atom. The molecule has 2 saturated heterocycles. The van der Waals surface area contributed by atoms with Gasteiger partial charge in [-0.15, -0.1) is 0 Å². The fraction of sp³-hybridized carbons (Fsp3) is 1.00. The van der Waals surface area contributed by atoms with Crippen LogP contribution < -0.4 is 9.79 Å². The van der Waals surface area contributed by atoms with E-state index in [1.54, 1.807) is 0 Å². The molecule has 0 bridgehead atoms. The highest BCUT2D eigenvalue weighted by Gasteiger charge is 2.49. The lowest BCUT2D eigenvalue weighted by Crippen LogP contribution is -2.63. The van der Waals surface area contributed by atoms with Crippen molar-refractivity contribution >= 4 is 7.82 Å². The Labute approximate surface area is 152 Å². The number of phosphoric acid groups is 1. The molecule has 2 aliphatic rings. The minimum Gasteiger partial charge on any atom is -0.790 e. The van der Waals surface area contributed by atoms with E-state index in [1.807, 2.05) is 0 Å². The summed E-state index contributed by atoms with van der Waals surface area (Å²) in [6, 6.07) is 0. The summed E-state index contributed by atoms with van der Waals surface area (Å²) in [5.74, 6) is 0. The number of ether oxygens (including phenoxy) is 3. The monoisotopic (exact) mass is 420 g/mol. The van der Waals surface area contributed by atoms with Gasteiger partial charge in [-0.3, -0.25) is 0 Å². The summed E-state index contributed by atoms with van der Waals surface area (Å²) in [5, 5.41) is 68.0. The molecular formula is C12H21O14P-2. The molecule has 0 aliphatic carbocycles. The molecule has 0 radical (unpaired) electrons. The Bertz CT molecular complexity index is 526. The second-order valence-electron chi connectivity index (χ2n) is 6.09. The predicted molar refractivity (Wildman–Crippen MR) is 75.1 cm³/mol. The van der Waals surface area contributed by atoms with Crippen molar-refractivity contribution in [3.63, 3.8) is 0 Å². The SMILES string of the molecule is O=P([O-])([O-])OCC1OC(OC2OC(CO)C(O)C(O)C2O)C(O)C(O)C1O. The summed E-state index contributed by atoms with van der Waals surface area (Å²) in [5.41, 5.74) is 0. The molecule has 10 atom stereocenters. The fourth-order valence-electron chi connectivity index (χ4n) is 2.64. The molecule has 27 heavy (non-hydrogen) atoms. The Kier molecular flexibility index (Phi) is 7.68. The second-order valence-corrected chi connectivity index (χ2v) is 7.24. The summed E-state index contributed by atoms with van der Waals surface area (Å²) in [6.45, 7) is -1.75. The van der Waals surface area contributed by atoms with E-state index in [0.717, 1.165) is 0 Å². The number of rotatable bonds is 6. The topological polar surface area (TPSA) is 242 Å². The van der Waals surface area contributed by atoms with Gasteiger partial charge in [0.2, 0.25) is 0 Å². The van der Waals surface area contributed by atoms with Gasteiger partial charge in [0.05, 0.1) is 21.0 Å². The number of hydrogen-bond donors (Lipinski definition) is 7. The van der Waals surface area contributed by atoms with Crippen LogP contribution in [0.1, 0.15) is 0 Å². The van der Waals surface area contributed by atoms with Crippen molar-refractivity contribution in [2.75, 3.05) is 13.2 Å². The highest BCUT2D eigenvalue weighted by atomic mass is 31.2. The molecule has 0 amide bonds. The van der Waals surface area contributed by atoms with E-state index in [1.165, 1.54) is 0 Å². The zero-order chi connectivity index (χ0) is 20.5. The van der Waals surface area contributed by atoms with Gasteiger partial charge in [-0.05, 0) is 0 Å². The highest BCUT2D eigenvalue weighted by molar-refractivity contribution is 7.43. The van der Waals surface area contributed by atoms with Crippen molar-refractivity contribution in [2.45, 2.75) is 61.4 Å². The first-order chi connectivity index (χ1) is 12.5. The molecule has 0 spiro atoms. The molecule has 7 N–H and O–H groups in total. The summed E-state index contributed by atoms with van der Waals surface area (Å²) < 4.78 is 29.7. The van der Waals surface area contributed by atoms with Crippen LogP contribution in [0.2, 0.25) is 0 Å². The lowest BCUT2D eigenvalue weighted by molar-refractivity contribution is -0.379. The molecule has 2 heterocycles. The quantitative estimate of drug-likeness (QED) is 0.198. The van der Waals surface area contributed by atoms with E-state index in [4.69, 9.17) is 19.3 Å². The molecule has 2 aliphatic heterocycles. The maximum atomic E-state index is 10.5. The van der Waals surface area contributed by atoms with Crippen LogP contribution in [0, 0.1) is 0 Å². The van der Waals surface area contributed by atoms with Crippen LogP contribution in [0.4, 0.5) is 0 Å². The number of aliphatic hydroxyl groups excluding tert-OH is 7. The molecule has 14 nitrogen and oxygen atoms in total. The van der Waals surface area contributed by atoms with Crippen LogP contribution in [-0.4, -0.2) is 110 Å². The molecule has 0 aromatic carbocycles. The van der Waals surface area contributed by atoms with Gasteiger partial charge in [-0.2, -0.15) is 0 Å². The molecular weight excluding hydrogens is 399 g/mol. The van der Waals surface area contributed by atoms with Crippen LogP contribution in [0.25, 0.3) is 0 Å². The van der Waals surface area contributed by atoms with Crippen LogP contribution in [0.15, 0.2) is 0 Å². The molecule has 0 aromatic heterocycles. The second kappa shape index (κ2) is 9.02. The Balaban J connectivity index is 2.08. The van der Waals surface area contributed by atoms with E-state index in [0.29, 0.717) is 0 Å². The van der Waals surface area contributed by atoms with E-state index in [-0.39, 0.29) is 0 Å². The van der Waals surface area contributed by atoms with Crippen molar-refractivity contribution in [3.05, 3.63) is 0 Å². The van der Waals surface area contributed by atoms with Gasteiger partial charge in [0.1, 0.15) is 48.8 Å². The summed E-state index contributed by atoms with van der Waals surface area (Å²) in [7, 11) is -5.42. The summed E-state index contributed by atoms with van der Waals surface area (Å²) in [4.78, 5) is 21.1. The first-order valence-corrected chi connectivity index (χ1v) is 9.24. The van der Waals surface area contributed by atoms with Crippen molar-refractivity contribution in [3.8, 4) is 0 Å². The third-order valence-electron chi connectivity index (χ3n) is 4.18. The highest BCUT2D eigenvalue weighted by Crippen LogP contribution is 2.31. The van der Waals surface area contributed by atoms with Crippen molar-refractivity contribution in [1.29, 1.82) is 0 Å². The number of phosphoric ester groups is 1. The number of hydrogen-bond acceptors (Lipinski definition) is 14. The van der Waals surface area contributed by atoms with Crippen molar-refractivity contribution < 1.29 is 68.8 Å².